The molecule has 10 heteroatoms. The molecule has 0 saturated heterocycles. The zero-order valence-electron chi connectivity index (χ0n) is 20.9. The third kappa shape index (κ3) is 5.16. The van der Waals surface area contributed by atoms with Crippen molar-refractivity contribution in [3.63, 3.8) is 0 Å². The maximum Gasteiger partial charge on any atom is 0.304 e. The summed E-state index contributed by atoms with van der Waals surface area (Å²) in [7, 11) is 0. The number of pyridine rings is 1. The minimum Gasteiger partial charge on any atom is -0.481 e. The van der Waals surface area contributed by atoms with E-state index in [0.717, 1.165) is 36.6 Å². The molecule has 4 aromatic rings. The highest BCUT2D eigenvalue weighted by Gasteiger charge is 2.30. The standard InChI is InChI=1S/C28H30N6O4/c29-27(38)25-23(17-35)34(14-10-20-9-8-18-6-4-11-30-28(18)31-20)32-26(25)22(16-24(36)37)19-5-3-7-21(15-19)33-12-1-2-13-33/h1-3,5,7-9,12-13,15,22,35H,4,6,10-11,14,16-17H2,(H2,29,38)(H,30,31)(H,36,37). The van der Waals surface area contributed by atoms with Crippen LogP contribution in [0.4, 0.5) is 5.82 Å². The van der Waals surface area contributed by atoms with Gasteiger partial charge in [-0.05, 0) is 54.3 Å². The summed E-state index contributed by atoms with van der Waals surface area (Å²) in [6, 6.07) is 15.3. The topological polar surface area (TPSA) is 148 Å². The van der Waals surface area contributed by atoms with E-state index < -0.39 is 24.4 Å². The molecule has 1 aliphatic rings. The summed E-state index contributed by atoms with van der Waals surface area (Å²) >= 11 is 0. The van der Waals surface area contributed by atoms with Crippen LogP contribution in [0.15, 0.2) is 60.9 Å². The SMILES string of the molecule is NC(=O)c1c(C(CC(=O)O)c2cccc(-n3cccc3)c2)nn(CCc2ccc3c(n2)NCCC3)c1CO. The second-order valence-corrected chi connectivity index (χ2v) is 9.38. The summed E-state index contributed by atoms with van der Waals surface area (Å²) in [4.78, 5) is 29.2. The van der Waals surface area contributed by atoms with E-state index in [0.29, 0.717) is 18.5 Å². The number of amides is 1. The molecule has 3 aromatic heterocycles. The van der Waals surface area contributed by atoms with E-state index in [2.05, 4.69) is 16.5 Å². The molecule has 0 spiro atoms. The summed E-state index contributed by atoms with van der Waals surface area (Å²) in [5.74, 6) is -1.66. The first kappa shape index (κ1) is 25.2. The van der Waals surface area contributed by atoms with Crippen molar-refractivity contribution in [2.24, 2.45) is 5.73 Å². The number of carboxylic acid groups (broad SMARTS) is 1. The van der Waals surface area contributed by atoms with Crippen LogP contribution in [-0.2, 0) is 30.8 Å². The number of fused-ring (bicyclic) bond motifs is 1. The third-order valence-electron chi connectivity index (χ3n) is 6.90. The lowest BCUT2D eigenvalue weighted by Gasteiger charge is -2.17. The first-order valence-electron chi connectivity index (χ1n) is 12.6. The van der Waals surface area contributed by atoms with Crippen LogP contribution >= 0.6 is 0 Å². The van der Waals surface area contributed by atoms with Gasteiger partial charge in [0, 0.05) is 49.2 Å². The second kappa shape index (κ2) is 10.9. The van der Waals surface area contributed by atoms with Crippen LogP contribution < -0.4 is 11.1 Å². The van der Waals surface area contributed by atoms with Crippen molar-refractivity contribution in [1.82, 2.24) is 19.3 Å². The number of nitrogens with one attached hydrogen (secondary N) is 1. The Balaban J connectivity index is 1.51. The highest BCUT2D eigenvalue weighted by atomic mass is 16.4. The Morgan fingerprint density at radius 1 is 1.13 bits per heavy atom. The number of primary amides is 1. The Kier molecular flexibility index (Phi) is 7.23. The highest BCUT2D eigenvalue weighted by Crippen LogP contribution is 2.33. The van der Waals surface area contributed by atoms with Crippen molar-refractivity contribution >= 4 is 17.7 Å². The summed E-state index contributed by atoms with van der Waals surface area (Å²) in [5.41, 5.74) is 9.89. The summed E-state index contributed by atoms with van der Waals surface area (Å²) in [6.45, 7) is 0.762. The van der Waals surface area contributed by atoms with Crippen LogP contribution in [0.1, 0.15) is 57.3 Å². The molecule has 1 unspecified atom stereocenters. The van der Waals surface area contributed by atoms with Gasteiger partial charge in [-0.3, -0.25) is 14.3 Å². The second-order valence-electron chi connectivity index (χ2n) is 9.38. The molecule has 1 aromatic carbocycles. The number of nitrogens with two attached hydrogens (primary N) is 1. The van der Waals surface area contributed by atoms with Gasteiger partial charge < -0.3 is 25.8 Å². The summed E-state index contributed by atoms with van der Waals surface area (Å²) in [6.07, 6.45) is 6.06. The number of benzene rings is 1. The maximum absolute atomic E-state index is 12.6. The smallest absolute Gasteiger partial charge is 0.304 e. The Morgan fingerprint density at radius 3 is 2.68 bits per heavy atom. The highest BCUT2D eigenvalue weighted by molar-refractivity contribution is 5.95. The Labute approximate surface area is 219 Å². The monoisotopic (exact) mass is 514 g/mol. The lowest BCUT2D eigenvalue weighted by Crippen LogP contribution is -2.18. The van der Waals surface area contributed by atoms with Crippen molar-refractivity contribution in [3.8, 4) is 5.69 Å². The van der Waals surface area contributed by atoms with E-state index in [1.807, 2.05) is 59.4 Å². The molecule has 1 amide bonds. The number of aryl methyl sites for hydroxylation is 3. The summed E-state index contributed by atoms with van der Waals surface area (Å²) in [5, 5.41) is 28.0. The Hall–Kier alpha value is -4.44. The zero-order valence-corrected chi connectivity index (χ0v) is 20.9. The fourth-order valence-corrected chi connectivity index (χ4v) is 5.06. The van der Waals surface area contributed by atoms with Crippen molar-refractivity contribution in [1.29, 1.82) is 0 Å². The van der Waals surface area contributed by atoms with Gasteiger partial charge in [-0.1, -0.05) is 18.2 Å². The average molecular weight is 515 g/mol. The molecule has 0 radical (unpaired) electrons. The molecule has 196 valence electrons. The van der Waals surface area contributed by atoms with E-state index in [-0.39, 0.29) is 23.4 Å². The fourth-order valence-electron chi connectivity index (χ4n) is 5.06. The average Bonchev–Trinajstić information content (AvgIpc) is 3.59. The van der Waals surface area contributed by atoms with Crippen LogP contribution in [0.3, 0.4) is 0 Å². The predicted octanol–water partition coefficient (Wildman–Crippen LogP) is 2.87. The van der Waals surface area contributed by atoms with Crippen LogP contribution in [0.2, 0.25) is 0 Å². The van der Waals surface area contributed by atoms with E-state index >= 15 is 0 Å². The molecule has 0 bridgehead atoms. The van der Waals surface area contributed by atoms with Gasteiger partial charge in [0.2, 0.25) is 0 Å². The minimum absolute atomic E-state index is 0.0604. The number of carboxylic acids is 1. The largest absolute Gasteiger partial charge is 0.481 e. The molecule has 5 N–H and O–H groups in total. The van der Waals surface area contributed by atoms with Crippen LogP contribution in [0.25, 0.3) is 5.69 Å². The number of aliphatic carboxylic acids is 1. The van der Waals surface area contributed by atoms with Gasteiger partial charge in [0.05, 0.1) is 30.0 Å². The van der Waals surface area contributed by atoms with Crippen molar-refractivity contribution in [2.75, 3.05) is 11.9 Å². The number of carbonyl (C=O) groups is 2. The normalized spacial score (nSPS) is 13.5. The minimum atomic E-state index is -1.04. The molecule has 0 saturated carbocycles. The van der Waals surface area contributed by atoms with Crippen molar-refractivity contribution < 1.29 is 19.8 Å². The number of hydrogen-bond donors (Lipinski definition) is 4. The van der Waals surface area contributed by atoms with Crippen LogP contribution in [-0.4, -0.2) is 48.0 Å². The molecule has 5 rings (SSSR count). The lowest BCUT2D eigenvalue weighted by atomic mass is 9.89. The van der Waals surface area contributed by atoms with E-state index in [1.165, 1.54) is 5.56 Å². The fraction of sp³-hybridized carbons (Fsp3) is 0.286. The lowest BCUT2D eigenvalue weighted by molar-refractivity contribution is -0.137. The number of nitrogens with zero attached hydrogens (tertiary/aromatic N) is 4. The van der Waals surface area contributed by atoms with Crippen molar-refractivity contribution in [3.05, 3.63) is 94.7 Å². The van der Waals surface area contributed by atoms with Gasteiger partial charge in [-0.2, -0.15) is 5.10 Å². The number of rotatable bonds is 10. The van der Waals surface area contributed by atoms with Gasteiger partial charge in [-0.25, -0.2) is 4.98 Å². The van der Waals surface area contributed by atoms with E-state index in [1.54, 1.807) is 4.68 Å². The molecular formula is C28H30N6O4. The Bertz CT molecular complexity index is 1460. The molecule has 10 nitrogen and oxygen atoms in total. The zero-order chi connectivity index (χ0) is 26.6. The number of anilines is 1. The van der Waals surface area contributed by atoms with Gasteiger partial charge in [0.1, 0.15) is 5.82 Å². The molecule has 0 fully saturated rings. The number of aliphatic hydroxyl groups is 1. The molecule has 1 atom stereocenters. The molecule has 4 heterocycles. The van der Waals surface area contributed by atoms with Crippen molar-refractivity contribution in [2.45, 2.75) is 44.8 Å². The molecule has 1 aliphatic heterocycles. The Morgan fingerprint density at radius 2 is 1.95 bits per heavy atom. The maximum atomic E-state index is 12.6. The van der Waals surface area contributed by atoms with Gasteiger partial charge in [0.15, 0.2) is 0 Å². The first-order chi connectivity index (χ1) is 18.4. The molecule has 0 aliphatic carbocycles. The molecular weight excluding hydrogens is 484 g/mol. The molecule has 38 heavy (non-hydrogen) atoms. The predicted molar refractivity (Wildman–Crippen MR) is 141 cm³/mol. The first-order valence-corrected chi connectivity index (χ1v) is 12.6. The number of hydrogen-bond acceptors (Lipinski definition) is 6. The number of aliphatic hydroxyl groups excluding tert-OH is 1. The van der Waals surface area contributed by atoms with Gasteiger partial charge in [-0.15, -0.1) is 0 Å². The van der Waals surface area contributed by atoms with Gasteiger partial charge >= 0.3 is 5.97 Å². The quantitative estimate of drug-likeness (QED) is 0.254. The number of aromatic nitrogens is 4. The van der Waals surface area contributed by atoms with Gasteiger partial charge in [0.25, 0.3) is 5.91 Å². The third-order valence-corrected chi connectivity index (χ3v) is 6.90. The van der Waals surface area contributed by atoms with E-state index in [4.69, 9.17) is 10.7 Å². The summed E-state index contributed by atoms with van der Waals surface area (Å²) < 4.78 is 3.46. The van der Waals surface area contributed by atoms with E-state index in [9.17, 15) is 19.8 Å². The van der Waals surface area contributed by atoms with Crippen LogP contribution in [0, 0.1) is 0 Å². The van der Waals surface area contributed by atoms with Crippen LogP contribution in [0.5, 0.6) is 0 Å². The number of carbonyl (C=O) groups excluding carboxylic acids is 1.